The largest absolute Gasteiger partial charge is 0.314 e. The smallest absolute Gasteiger partial charge is 0.151 e. The molecule has 0 aliphatic heterocycles. The van der Waals surface area contributed by atoms with E-state index in [0.29, 0.717) is 0 Å². The average molecular weight is 222 g/mol. The van der Waals surface area contributed by atoms with Gasteiger partial charge in [-0.25, -0.2) is 4.98 Å². The Morgan fingerprint density at radius 1 is 1.38 bits per heavy atom. The molecule has 0 spiro atoms. The fourth-order valence-electron chi connectivity index (χ4n) is 2.35. The highest BCUT2D eigenvalue weighted by Crippen LogP contribution is 2.23. The second-order valence-corrected chi connectivity index (χ2v) is 5.00. The normalized spacial score (nSPS) is 25.9. The Hall–Kier alpha value is -0.900. The third-order valence-electron chi connectivity index (χ3n) is 3.44. The molecule has 1 aliphatic rings. The average Bonchev–Trinajstić information content (AvgIpc) is 2.67. The molecule has 0 bridgehead atoms. The topological polar surface area (TPSA) is 42.7 Å². The zero-order chi connectivity index (χ0) is 11.4. The van der Waals surface area contributed by atoms with Crippen molar-refractivity contribution in [2.45, 2.75) is 45.1 Å². The first-order valence-corrected chi connectivity index (χ1v) is 6.32. The van der Waals surface area contributed by atoms with Crippen LogP contribution in [0.3, 0.4) is 0 Å². The molecular weight excluding hydrogens is 200 g/mol. The van der Waals surface area contributed by atoms with Crippen LogP contribution in [0.5, 0.6) is 0 Å². The van der Waals surface area contributed by atoms with Crippen LogP contribution in [0.4, 0.5) is 0 Å². The number of nitrogens with one attached hydrogen (secondary N) is 1. The van der Waals surface area contributed by atoms with Crippen molar-refractivity contribution in [3.63, 3.8) is 0 Å². The van der Waals surface area contributed by atoms with Gasteiger partial charge < -0.3 is 5.32 Å². The van der Waals surface area contributed by atoms with Crippen molar-refractivity contribution >= 4 is 0 Å². The van der Waals surface area contributed by atoms with Crippen LogP contribution in [0, 0.1) is 5.92 Å². The molecule has 0 aromatic carbocycles. The van der Waals surface area contributed by atoms with E-state index in [0.717, 1.165) is 30.7 Å². The van der Waals surface area contributed by atoms with Gasteiger partial charge in [-0.3, -0.25) is 4.68 Å². The number of hydrogen-bond acceptors (Lipinski definition) is 3. The molecule has 2 rings (SSSR count). The molecule has 1 aromatic heterocycles. The third-order valence-corrected chi connectivity index (χ3v) is 3.44. The quantitative estimate of drug-likeness (QED) is 0.840. The molecule has 4 heteroatoms. The molecule has 90 valence electrons. The number of nitrogens with zero attached hydrogens (tertiary/aromatic N) is 3. The van der Waals surface area contributed by atoms with Crippen molar-refractivity contribution in [3.05, 3.63) is 12.2 Å². The minimum Gasteiger partial charge on any atom is -0.314 e. The van der Waals surface area contributed by atoms with E-state index >= 15 is 0 Å². The van der Waals surface area contributed by atoms with Crippen molar-refractivity contribution in [2.24, 2.45) is 13.0 Å². The van der Waals surface area contributed by atoms with E-state index in [1.54, 1.807) is 11.0 Å². The minimum atomic E-state index is 0.722. The Kier molecular flexibility index (Phi) is 3.93. The molecule has 0 atom stereocenters. The molecule has 1 heterocycles. The van der Waals surface area contributed by atoms with Crippen LogP contribution in [-0.2, 0) is 13.5 Å². The van der Waals surface area contributed by atoms with E-state index in [-0.39, 0.29) is 0 Å². The van der Waals surface area contributed by atoms with E-state index in [4.69, 9.17) is 0 Å². The molecule has 0 radical (unpaired) electrons. The van der Waals surface area contributed by atoms with Crippen molar-refractivity contribution < 1.29 is 0 Å². The highest BCUT2D eigenvalue weighted by molar-refractivity contribution is 4.83. The Morgan fingerprint density at radius 3 is 2.75 bits per heavy atom. The van der Waals surface area contributed by atoms with Crippen LogP contribution >= 0.6 is 0 Å². The summed E-state index contributed by atoms with van der Waals surface area (Å²) in [5.74, 6) is 1.87. The van der Waals surface area contributed by atoms with Gasteiger partial charge in [0.05, 0.1) is 0 Å². The van der Waals surface area contributed by atoms with Crippen LogP contribution in [0.15, 0.2) is 6.33 Å². The van der Waals surface area contributed by atoms with Gasteiger partial charge in [0.15, 0.2) is 5.82 Å². The van der Waals surface area contributed by atoms with Gasteiger partial charge in [0.1, 0.15) is 6.33 Å². The predicted molar refractivity (Wildman–Crippen MR) is 64.1 cm³/mol. The number of aromatic nitrogens is 3. The zero-order valence-electron chi connectivity index (χ0n) is 10.3. The van der Waals surface area contributed by atoms with E-state index in [1.807, 2.05) is 7.05 Å². The van der Waals surface area contributed by atoms with Crippen molar-refractivity contribution in [3.8, 4) is 0 Å². The highest BCUT2D eigenvalue weighted by Gasteiger charge is 2.17. The predicted octanol–water partition coefficient (Wildman–Crippen LogP) is 1.53. The fraction of sp³-hybridized carbons (Fsp3) is 0.833. The van der Waals surface area contributed by atoms with Gasteiger partial charge in [0.2, 0.25) is 0 Å². The molecule has 1 aromatic rings. The van der Waals surface area contributed by atoms with Crippen molar-refractivity contribution in [1.29, 1.82) is 0 Å². The molecule has 16 heavy (non-hydrogen) atoms. The molecule has 1 aliphatic carbocycles. The number of hydrogen-bond donors (Lipinski definition) is 1. The zero-order valence-corrected chi connectivity index (χ0v) is 10.3. The van der Waals surface area contributed by atoms with E-state index in [2.05, 4.69) is 22.3 Å². The second-order valence-electron chi connectivity index (χ2n) is 5.00. The summed E-state index contributed by atoms with van der Waals surface area (Å²) in [6.45, 7) is 3.36. The minimum absolute atomic E-state index is 0.722. The Labute approximate surface area is 97.5 Å². The Bertz CT molecular complexity index is 313. The van der Waals surface area contributed by atoms with Gasteiger partial charge in [0, 0.05) is 26.1 Å². The van der Waals surface area contributed by atoms with Crippen LogP contribution in [0.25, 0.3) is 0 Å². The Balaban J connectivity index is 1.64. The Morgan fingerprint density at radius 2 is 2.12 bits per heavy atom. The van der Waals surface area contributed by atoms with Gasteiger partial charge in [-0.1, -0.05) is 6.92 Å². The molecule has 1 N–H and O–H groups in total. The lowest BCUT2D eigenvalue weighted by molar-refractivity contribution is 0.308. The lowest BCUT2D eigenvalue weighted by Gasteiger charge is -2.26. The second kappa shape index (κ2) is 5.43. The van der Waals surface area contributed by atoms with E-state index in [9.17, 15) is 0 Å². The molecule has 4 nitrogen and oxygen atoms in total. The molecular formula is C12H22N4. The third kappa shape index (κ3) is 3.30. The van der Waals surface area contributed by atoms with E-state index in [1.165, 1.54) is 25.7 Å². The standard InChI is InChI=1S/C12H22N4/c1-10-3-5-11(6-4-10)13-8-7-12-14-9-16(2)15-12/h9-11,13H,3-8H2,1-2H3. The van der Waals surface area contributed by atoms with Crippen LogP contribution in [0.1, 0.15) is 38.4 Å². The summed E-state index contributed by atoms with van der Waals surface area (Å²) in [5, 5.41) is 7.88. The summed E-state index contributed by atoms with van der Waals surface area (Å²) in [5.41, 5.74) is 0. The van der Waals surface area contributed by atoms with Gasteiger partial charge in [-0.15, -0.1) is 0 Å². The molecule has 0 saturated heterocycles. The molecule has 0 unspecified atom stereocenters. The first-order valence-electron chi connectivity index (χ1n) is 6.32. The summed E-state index contributed by atoms with van der Waals surface area (Å²) in [6, 6.07) is 0.722. The van der Waals surface area contributed by atoms with Gasteiger partial charge in [-0.05, 0) is 31.6 Å². The summed E-state index contributed by atoms with van der Waals surface area (Å²) in [6.07, 6.45) is 8.11. The first kappa shape index (κ1) is 11.6. The first-order chi connectivity index (χ1) is 7.74. The van der Waals surface area contributed by atoms with E-state index < -0.39 is 0 Å². The van der Waals surface area contributed by atoms with Crippen LogP contribution in [-0.4, -0.2) is 27.4 Å². The number of rotatable bonds is 4. The summed E-state index contributed by atoms with van der Waals surface area (Å²) >= 11 is 0. The SMILES string of the molecule is CC1CCC(NCCc2ncn(C)n2)CC1. The summed E-state index contributed by atoms with van der Waals surface area (Å²) < 4.78 is 1.76. The lowest BCUT2D eigenvalue weighted by atomic mass is 9.87. The molecule has 1 saturated carbocycles. The number of aryl methyl sites for hydroxylation is 1. The van der Waals surface area contributed by atoms with Crippen molar-refractivity contribution in [2.75, 3.05) is 6.54 Å². The van der Waals surface area contributed by atoms with Gasteiger partial charge in [0.25, 0.3) is 0 Å². The maximum atomic E-state index is 4.27. The van der Waals surface area contributed by atoms with Gasteiger partial charge in [-0.2, -0.15) is 5.10 Å². The summed E-state index contributed by atoms with van der Waals surface area (Å²) in [7, 11) is 1.91. The maximum Gasteiger partial charge on any atom is 0.151 e. The highest BCUT2D eigenvalue weighted by atomic mass is 15.3. The van der Waals surface area contributed by atoms with Gasteiger partial charge >= 0.3 is 0 Å². The maximum absolute atomic E-state index is 4.27. The summed E-state index contributed by atoms with van der Waals surface area (Å²) in [4.78, 5) is 4.22. The fourth-order valence-corrected chi connectivity index (χ4v) is 2.35. The van der Waals surface area contributed by atoms with Crippen LogP contribution < -0.4 is 5.32 Å². The monoisotopic (exact) mass is 222 g/mol. The molecule has 1 fully saturated rings. The lowest BCUT2D eigenvalue weighted by Crippen LogP contribution is -2.34. The van der Waals surface area contributed by atoms with Crippen molar-refractivity contribution in [1.82, 2.24) is 20.1 Å². The van der Waals surface area contributed by atoms with Crippen LogP contribution in [0.2, 0.25) is 0 Å². The molecule has 0 amide bonds.